The van der Waals surface area contributed by atoms with Gasteiger partial charge >= 0.3 is 11.9 Å². The maximum Gasteiger partial charge on any atom is 0.341 e. The van der Waals surface area contributed by atoms with Crippen LogP contribution in [0.1, 0.15) is 106 Å². The molecule has 0 bridgehead atoms. The summed E-state index contributed by atoms with van der Waals surface area (Å²) in [6.45, 7) is 44.7. The first kappa shape index (κ1) is 107. The van der Waals surface area contributed by atoms with Crippen molar-refractivity contribution in [2.75, 3.05) is 127 Å². The van der Waals surface area contributed by atoms with Gasteiger partial charge in [0.2, 0.25) is 29.4 Å². The van der Waals surface area contributed by atoms with Gasteiger partial charge in [-0.05, 0) is 126 Å². The molecule has 43 heteroatoms. The van der Waals surface area contributed by atoms with Gasteiger partial charge in [0.1, 0.15) is 107 Å². The maximum atomic E-state index is 11.9. The van der Waals surface area contributed by atoms with Gasteiger partial charge in [0, 0.05) is 168 Å². The van der Waals surface area contributed by atoms with Crippen molar-refractivity contribution in [3.05, 3.63) is 107 Å². The number of ether oxygens (including phenoxy) is 9. The van der Waals surface area contributed by atoms with Crippen molar-refractivity contribution in [2.45, 2.75) is 224 Å². The zero-order chi connectivity index (χ0) is 97.9. The number of halogens is 1. The third kappa shape index (κ3) is 33.6. The number of fused-ring (bicyclic) bond motifs is 5. The molecule has 0 atom stereocenters. The van der Waals surface area contributed by atoms with E-state index in [0.717, 1.165) is 147 Å². The number of aromatic nitrogens is 15. The number of carbonyl (C=O) groups excluding carboxylic acids is 3. The predicted octanol–water partition coefficient (Wildman–Crippen LogP) is 13.1. The van der Waals surface area contributed by atoms with E-state index in [2.05, 4.69) is 216 Å². The van der Waals surface area contributed by atoms with E-state index < -0.39 is 50.1 Å². The number of likely N-dealkylation sites (tertiary alicyclic amines) is 5. The van der Waals surface area contributed by atoms with Gasteiger partial charge in [-0.2, -0.15) is 10.5 Å². The van der Waals surface area contributed by atoms with Gasteiger partial charge in [0.15, 0.2) is 28.2 Å². The number of nitrogens with one attached hydrogen (secondary N) is 1. The highest BCUT2D eigenvalue weighted by atomic mass is 79.9. The van der Waals surface area contributed by atoms with Crippen LogP contribution in [0.3, 0.4) is 0 Å². The van der Waals surface area contributed by atoms with Gasteiger partial charge in [-0.3, -0.25) is 9.59 Å². The number of carboxylic acids is 1. The van der Waals surface area contributed by atoms with E-state index in [1.807, 2.05) is 4.57 Å². The number of aromatic amines is 1. The van der Waals surface area contributed by atoms with Gasteiger partial charge in [-0.1, -0.05) is 85.1 Å². The first-order valence-electron chi connectivity index (χ1n) is 46.3. The molecular formula is C92H138BrN23O15Si4. The molecule has 734 valence electrons. The lowest BCUT2D eigenvalue weighted by atomic mass is 10.1. The molecule has 0 unspecified atom stereocenters. The highest BCUT2D eigenvalue weighted by molar-refractivity contribution is 9.10. The largest absolute Gasteiger partial charge is 0.478 e. The first-order valence-corrected chi connectivity index (χ1v) is 61.9. The minimum absolute atomic E-state index is 0.00917. The lowest BCUT2D eigenvalue weighted by Gasteiger charge is -2.31. The van der Waals surface area contributed by atoms with E-state index in [1.165, 1.54) is 13.2 Å². The second kappa shape index (κ2) is 50.3. The van der Waals surface area contributed by atoms with Gasteiger partial charge in [0.25, 0.3) is 5.91 Å². The number of primary amides is 1. The Morgan fingerprint density at radius 2 is 0.793 bits per heavy atom. The molecular weight excluding hydrogens is 1860 g/mol. The second-order valence-corrected chi connectivity index (χ2v) is 63.0. The third-order valence-electron chi connectivity index (χ3n) is 23.3. The minimum Gasteiger partial charge on any atom is -0.478 e. The molecule has 0 aromatic carbocycles. The Balaban J connectivity index is 0.000000171. The van der Waals surface area contributed by atoms with Crippen molar-refractivity contribution < 1.29 is 72.0 Å². The molecule has 5 aliphatic rings. The highest BCUT2D eigenvalue weighted by Gasteiger charge is 2.30. The predicted molar refractivity (Wildman–Crippen MR) is 531 cm³/mol. The van der Waals surface area contributed by atoms with Crippen LogP contribution in [0, 0.1) is 22.7 Å². The Morgan fingerprint density at radius 3 is 1.16 bits per heavy atom. The highest BCUT2D eigenvalue weighted by Crippen LogP contribution is 2.30. The van der Waals surface area contributed by atoms with Gasteiger partial charge < -0.3 is 106 Å². The van der Waals surface area contributed by atoms with Crippen LogP contribution >= 0.6 is 15.9 Å². The fraction of sp³-hybridized carbons (Fsp3) is 0.587. The van der Waals surface area contributed by atoms with Crippen LogP contribution in [0.4, 0.5) is 0 Å². The standard InChI is InChI=1S/C19H31N5O3Si.C19H29N5O2Si.C19H30N4O4Si.C15H15N5O2.C14H20BrN3O3Si.C6H13NO/c1-23-7-5-14(6-8-23)27-16-11-21-19-17(22-16)15(18(20)25)12-24(19)13-26-9-10-28(2,3)4;1-23-7-5-16(6-8-23)26-17-12-21-19-18(22-17)15(11-20)13-24(19)14-25-9-10-27(2,3)4;1-22-7-5-14(6-8-22)27-16-11-20-18-17(21-16)15(19(24)25)12-23(18)13-26-9-10-28(2,3)4;1-2-13(21)20-5-3-11(4-6-20)22-12-9-18-15-14(19-12)10(7-16)8-17-15;1-20-14(19)10-8-18(9-21-5-6-22(2,3)4)13-12(10)17-11(15)7-16-13;1-7-4-2-6(8)3-5-7/h11-12,14H,5-10,13H2,1-4H3,(H2,20,25);12-13,16H,5-10,14H2,1-4H3;11-12,14H,5-10,13H2,1-4H3,(H,24,25);2,8-9,11H,1,3-6H2,(H,17,18);7-8H,5-6,9H2,1-4H3;6,8H,2-5H2,1H3. The Bertz CT molecular complexity index is 5490. The molecule has 15 rings (SSSR count). The topological polar surface area (TPSA) is 446 Å². The number of hydrogen-bond acceptors (Lipinski definition) is 30. The molecule has 10 aromatic heterocycles. The zero-order valence-electron chi connectivity index (χ0n) is 81.6. The van der Waals surface area contributed by atoms with E-state index in [1.54, 1.807) is 80.6 Å². The number of hydrogen-bond donors (Lipinski definition) is 4. The fourth-order valence-corrected chi connectivity index (χ4v) is 18.2. The fourth-order valence-electron chi connectivity index (χ4n) is 14.9. The average Bonchev–Trinajstić information content (AvgIpc) is 1.65. The molecule has 38 nitrogen and oxygen atoms in total. The normalized spacial score (nSPS) is 16.2. The van der Waals surface area contributed by atoms with Crippen molar-refractivity contribution in [2.24, 2.45) is 5.73 Å². The number of esters is 1. The number of aromatic carboxylic acids is 1. The summed E-state index contributed by atoms with van der Waals surface area (Å²) in [6, 6.07) is 8.60. The Labute approximate surface area is 803 Å². The number of methoxy groups -OCH3 is 1. The lowest BCUT2D eigenvalue weighted by molar-refractivity contribution is -0.127. The van der Waals surface area contributed by atoms with Crippen molar-refractivity contribution in [1.29, 1.82) is 10.5 Å². The molecule has 0 radical (unpaired) electrons. The van der Waals surface area contributed by atoms with E-state index >= 15 is 0 Å². The van der Waals surface area contributed by atoms with Crippen molar-refractivity contribution in [1.82, 2.24) is 97.6 Å². The number of carbonyl (C=O) groups is 4. The summed E-state index contributed by atoms with van der Waals surface area (Å²) < 4.78 is 59.4. The van der Waals surface area contributed by atoms with E-state index in [4.69, 9.17) is 58.7 Å². The number of nitriles is 2. The van der Waals surface area contributed by atoms with Crippen molar-refractivity contribution >= 4 is 128 Å². The number of aliphatic hydroxyl groups is 1. The smallest absolute Gasteiger partial charge is 0.341 e. The number of rotatable bonds is 32. The van der Waals surface area contributed by atoms with Crippen molar-refractivity contribution in [3.63, 3.8) is 0 Å². The molecule has 0 spiro atoms. The Hall–Kier alpha value is -10.1. The summed E-state index contributed by atoms with van der Waals surface area (Å²) in [6.07, 6.45) is 27.0. The number of aliphatic hydroxyl groups excluding tert-OH is 1. The minimum atomic E-state index is -1.17. The molecule has 135 heavy (non-hydrogen) atoms. The van der Waals surface area contributed by atoms with Crippen LogP contribution in [-0.4, -0.2) is 322 Å². The molecule has 5 fully saturated rings. The zero-order valence-corrected chi connectivity index (χ0v) is 87.2. The van der Waals surface area contributed by atoms with Crippen molar-refractivity contribution in [3.8, 4) is 35.7 Å². The number of carboxylic acid groups (broad SMARTS) is 1. The lowest BCUT2D eigenvalue weighted by Crippen LogP contribution is -2.41. The SMILES string of the molecule is C=CC(=O)N1CCC(Oc2cnc3[nH]cc(C#N)c3n2)CC1.CN1CCC(O)CC1.CN1CCC(Oc2cnc3c(n2)c(C#N)cn3COCC[Si](C)(C)C)CC1.CN1CCC(Oc2cnc3c(n2)c(C(=O)O)cn3COCC[Si](C)(C)C)CC1.CN1CCC(Oc2cnc3c(n2)c(C(N)=O)cn3COCC[Si](C)(C)C)CC1.COC(=O)c1cn(COCC[Si](C)(C)C)c2ncc(Br)nc12. The molecule has 0 aliphatic carbocycles. The third-order valence-corrected chi connectivity index (χ3v) is 30.5. The number of H-pyrrole nitrogens is 1. The molecule has 15 heterocycles. The quantitative estimate of drug-likeness (QED) is 0.0132. The van der Waals surface area contributed by atoms with Gasteiger partial charge in [-0.15, -0.1) is 0 Å². The van der Waals surface area contributed by atoms with Crippen LogP contribution in [0.5, 0.6) is 23.5 Å². The van der Waals surface area contributed by atoms with E-state index in [0.29, 0.717) is 159 Å². The Morgan fingerprint density at radius 1 is 0.467 bits per heavy atom. The van der Waals surface area contributed by atoms with Crippen LogP contribution in [0.2, 0.25) is 103 Å². The summed E-state index contributed by atoms with van der Waals surface area (Å²) in [5.74, 6) is -0.343. The van der Waals surface area contributed by atoms with Crippen LogP contribution < -0.4 is 24.7 Å². The first-order chi connectivity index (χ1) is 64.1. The maximum absolute atomic E-state index is 11.9. The number of nitrogens with two attached hydrogens (primary N) is 1. The molecule has 5 N–H and O–H groups in total. The number of amides is 2. The molecule has 2 amide bonds. The molecule has 10 aromatic rings. The monoisotopic (exact) mass is 2000 g/mol. The number of piperidine rings is 5. The van der Waals surface area contributed by atoms with Gasteiger partial charge in [0.05, 0.1) is 60.9 Å². The summed E-state index contributed by atoms with van der Waals surface area (Å²) in [4.78, 5) is 105. The average molecular weight is 2000 g/mol. The summed E-state index contributed by atoms with van der Waals surface area (Å²) in [5, 5.41) is 37.0. The molecule has 5 aliphatic heterocycles. The molecule has 0 saturated carbocycles. The van der Waals surface area contributed by atoms with Gasteiger partial charge in [-0.25, -0.2) is 59.4 Å². The van der Waals surface area contributed by atoms with E-state index in [-0.39, 0.29) is 48.7 Å². The summed E-state index contributed by atoms with van der Waals surface area (Å²) in [7, 11) is 5.20. The van der Waals surface area contributed by atoms with Crippen LogP contribution in [0.15, 0.2) is 79.2 Å². The second-order valence-electron chi connectivity index (χ2n) is 39.7. The van der Waals surface area contributed by atoms with Crippen LogP contribution in [0.25, 0.3) is 55.8 Å². The van der Waals surface area contributed by atoms with E-state index in [9.17, 15) is 29.5 Å². The summed E-state index contributed by atoms with van der Waals surface area (Å²) in [5.41, 5.74) is 12.7. The Kier molecular flexibility index (Phi) is 39.8. The molecule has 5 saturated heterocycles. The number of nitrogens with zero attached hydrogens (tertiary/aromatic N) is 21. The summed E-state index contributed by atoms with van der Waals surface area (Å²) >= 11 is 3.27. The van der Waals surface area contributed by atoms with Crippen LogP contribution in [-0.2, 0) is 55.4 Å².